The topological polar surface area (TPSA) is 65.1 Å². The Bertz CT molecular complexity index is 570. The molecule has 0 unspecified atom stereocenters. The molecular weight excluding hydrogens is 212 g/mol. The van der Waals surface area contributed by atoms with Crippen LogP contribution in [0.2, 0.25) is 0 Å². The van der Waals surface area contributed by atoms with Gasteiger partial charge >= 0.3 is 0 Å². The highest BCUT2D eigenvalue weighted by atomic mass is 32.1. The van der Waals surface area contributed by atoms with Crippen LogP contribution in [-0.2, 0) is 4.79 Å². The molecule has 0 bridgehead atoms. The molecule has 1 aromatic carbocycles. The van der Waals surface area contributed by atoms with Crippen molar-refractivity contribution in [1.82, 2.24) is 3.96 Å². The largest absolute Gasteiger partial charge is 0.368 e. The predicted octanol–water partition coefficient (Wildman–Crippen LogP) is 1.11. The quantitative estimate of drug-likeness (QED) is 0.827. The molecule has 0 fully saturated rings. The lowest BCUT2D eigenvalue weighted by molar-refractivity contribution is -0.120. The lowest BCUT2D eigenvalue weighted by Gasteiger charge is -2.05. The van der Waals surface area contributed by atoms with Crippen LogP contribution in [0.5, 0.6) is 0 Å². The number of nitrogens with two attached hydrogens (primary N) is 1. The van der Waals surface area contributed by atoms with Gasteiger partial charge in [-0.25, -0.2) is 0 Å². The maximum atomic E-state index is 11.8. The lowest BCUT2D eigenvalue weighted by atomic mass is 10.3. The Labute approximate surface area is 90.1 Å². The van der Waals surface area contributed by atoms with Crippen molar-refractivity contribution in [3.8, 4) is 0 Å². The van der Waals surface area contributed by atoms with Crippen molar-refractivity contribution >= 4 is 27.5 Å². The number of aromatic nitrogens is 1. The predicted molar refractivity (Wildman–Crippen MR) is 60.0 cm³/mol. The first-order chi connectivity index (χ1) is 7.11. The molecule has 78 valence electrons. The van der Waals surface area contributed by atoms with Crippen molar-refractivity contribution in [2.45, 2.75) is 13.0 Å². The van der Waals surface area contributed by atoms with E-state index in [0.29, 0.717) is 5.39 Å². The standard InChI is InChI=1S/C10H10N2O2S/c1-6(9(11)13)12-10(14)7-4-2-3-5-8(7)15-12/h2-6H,1H3,(H2,11,13)/t6-/m0/s1. The van der Waals surface area contributed by atoms with Crippen molar-refractivity contribution in [2.24, 2.45) is 5.73 Å². The van der Waals surface area contributed by atoms with Gasteiger partial charge in [-0.05, 0) is 19.1 Å². The van der Waals surface area contributed by atoms with Crippen LogP contribution >= 0.6 is 11.5 Å². The number of benzene rings is 1. The second kappa shape index (κ2) is 3.51. The summed E-state index contributed by atoms with van der Waals surface area (Å²) in [5.74, 6) is -0.497. The molecule has 1 aromatic heterocycles. The Morgan fingerprint density at radius 1 is 1.47 bits per heavy atom. The number of rotatable bonds is 2. The van der Waals surface area contributed by atoms with Crippen LogP contribution in [0.4, 0.5) is 0 Å². The van der Waals surface area contributed by atoms with Crippen LogP contribution in [0.15, 0.2) is 29.1 Å². The van der Waals surface area contributed by atoms with Gasteiger partial charge in [0.25, 0.3) is 5.56 Å². The number of hydrogen-bond acceptors (Lipinski definition) is 3. The second-order valence-electron chi connectivity index (χ2n) is 3.30. The van der Waals surface area contributed by atoms with E-state index < -0.39 is 11.9 Å². The van der Waals surface area contributed by atoms with Gasteiger partial charge in [0.15, 0.2) is 0 Å². The Morgan fingerprint density at radius 3 is 2.73 bits per heavy atom. The summed E-state index contributed by atoms with van der Waals surface area (Å²) < 4.78 is 2.28. The van der Waals surface area contributed by atoms with E-state index in [1.54, 1.807) is 19.1 Å². The summed E-state index contributed by atoms with van der Waals surface area (Å²) in [4.78, 5) is 22.8. The number of nitrogens with zero attached hydrogens (tertiary/aromatic N) is 1. The second-order valence-corrected chi connectivity index (χ2v) is 4.31. The zero-order chi connectivity index (χ0) is 11.0. The van der Waals surface area contributed by atoms with Gasteiger partial charge in [-0.1, -0.05) is 23.7 Å². The van der Waals surface area contributed by atoms with Gasteiger partial charge in [0.1, 0.15) is 6.04 Å². The Kier molecular flexibility index (Phi) is 2.32. The van der Waals surface area contributed by atoms with Gasteiger partial charge in [-0.2, -0.15) is 0 Å². The van der Waals surface area contributed by atoms with Crippen molar-refractivity contribution in [1.29, 1.82) is 0 Å². The minimum atomic E-state index is -0.588. The van der Waals surface area contributed by atoms with E-state index in [4.69, 9.17) is 5.73 Å². The van der Waals surface area contributed by atoms with E-state index >= 15 is 0 Å². The first-order valence-corrected chi connectivity index (χ1v) is 5.28. The van der Waals surface area contributed by atoms with Crippen molar-refractivity contribution < 1.29 is 4.79 Å². The maximum absolute atomic E-state index is 11.8. The summed E-state index contributed by atoms with van der Waals surface area (Å²) in [5.41, 5.74) is 5.02. The van der Waals surface area contributed by atoms with E-state index in [9.17, 15) is 9.59 Å². The molecule has 4 nitrogen and oxygen atoms in total. The zero-order valence-electron chi connectivity index (χ0n) is 8.14. The molecule has 2 N–H and O–H groups in total. The van der Waals surface area contributed by atoms with E-state index in [-0.39, 0.29) is 5.56 Å². The number of hydrogen-bond donors (Lipinski definition) is 1. The third-order valence-electron chi connectivity index (χ3n) is 2.28. The average molecular weight is 222 g/mol. The van der Waals surface area contributed by atoms with Crippen molar-refractivity contribution in [3.63, 3.8) is 0 Å². The first-order valence-electron chi connectivity index (χ1n) is 4.51. The monoisotopic (exact) mass is 222 g/mol. The van der Waals surface area contributed by atoms with Gasteiger partial charge in [-0.3, -0.25) is 13.5 Å². The van der Waals surface area contributed by atoms with E-state index in [2.05, 4.69) is 0 Å². The summed E-state index contributed by atoms with van der Waals surface area (Å²) in [6.45, 7) is 1.62. The van der Waals surface area contributed by atoms with Gasteiger partial charge in [0.05, 0.1) is 10.1 Å². The van der Waals surface area contributed by atoms with E-state index in [1.165, 1.54) is 15.5 Å². The van der Waals surface area contributed by atoms with Crippen molar-refractivity contribution in [2.75, 3.05) is 0 Å². The maximum Gasteiger partial charge on any atom is 0.269 e. The SMILES string of the molecule is C[C@@H](C(N)=O)n1sc2ccccc2c1=O. The van der Waals surface area contributed by atoms with Gasteiger partial charge < -0.3 is 5.73 Å². The Morgan fingerprint density at radius 2 is 2.13 bits per heavy atom. The molecule has 0 aliphatic heterocycles. The molecule has 0 saturated heterocycles. The van der Waals surface area contributed by atoms with Crippen LogP contribution in [-0.4, -0.2) is 9.86 Å². The molecular formula is C10H10N2O2S. The van der Waals surface area contributed by atoms with Gasteiger partial charge in [0.2, 0.25) is 5.91 Å². The Balaban J connectivity index is 2.68. The highest BCUT2D eigenvalue weighted by Crippen LogP contribution is 2.18. The normalized spacial score (nSPS) is 12.9. The lowest BCUT2D eigenvalue weighted by Crippen LogP contribution is -2.28. The smallest absolute Gasteiger partial charge is 0.269 e. The Hall–Kier alpha value is -1.62. The molecule has 0 aliphatic carbocycles. The van der Waals surface area contributed by atoms with E-state index in [1.807, 2.05) is 12.1 Å². The summed E-state index contributed by atoms with van der Waals surface area (Å²) >= 11 is 1.26. The minimum Gasteiger partial charge on any atom is -0.368 e. The third-order valence-corrected chi connectivity index (χ3v) is 3.51. The molecule has 1 amide bonds. The average Bonchev–Trinajstić information content (AvgIpc) is 2.56. The molecule has 5 heteroatoms. The molecule has 15 heavy (non-hydrogen) atoms. The van der Waals surface area contributed by atoms with Gasteiger partial charge in [-0.15, -0.1) is 0 Å². The zero-order valence-corrected chi connectivity index (χ0v) is 8.95. The molecule has 0 aliphatic rings. The molecule has 0 saturated carbocycles. The van der Waals surface area contributed by atoms with Gasteiger partial charge in [0, 0.05) is 0 Å². The third kappa shape index (κ3) is 1.55. The fourth-order valence-electron chi connectivity index (χ4n) is 1.36. The number of carbonyl (C=O) groups excluding carboxylic acids is 1. The van der Waals surface area contributed by atoms with E-state index in [0.717, 1.165) is 4.70 Å². The molecule has 2 aromatic rings. The van der Waals surface area contributed by atoms with Crippen LogP contribution in [0, 0.1) is 0 Å². The number of primary amides is 1. The van der Waals surface area contributed by atoms with Crippen LogP contribution in [0.3, 0.4) is 0 Å². The van der Waals surface area contributed by atoms with Crippen molar-refractivity contribution in [3.05, 3.63) is 34.6 Å². The summed E-state index contributed by atoms with van der Waals surface area (Å²) in [6.07, 6.45) is 0. The number of fused-ring (bicyclic) bond motifs is 1. The molecule has 1 atom stereocenters. The first kappa shape index (κ1) is 9.92. The summed E-state index contributed by atoms with van der Waals surface area (Å²) in [5, 5.41) is 0.635. The van der Waals surface area contributed by atoms with Crippen LogP contribution in [0.25, 0.3) is 10.1 Å². The minimum absolute atomic E-state index is 0.151. The van der Waals surface area contributed by atoms with Crippen LogP contribution < -0.4 is 11.3 Å². The summed E-state index contributed by atoms with van der Waals surface area (Å²) in [7, 11) is 0. The highest BCUT2D eigenvalue weighted by Gasteiger charge is 2.16. The summed E-state index contributed by atoms with van der Waals surface area (Å²) in [6, 6.07) is 6.67. The molecule has 1 heterocycles. The highest BCUT2D eigenvalue weighted by molar-refractivity contribution is 7.13. The fourth-order valence-corrected chi connectivity index (χ4v) is 2.41. The fraction of sp³-hybridized carbons (Fsp3) is 0.200. The number of amides is 1. The molecule has 0 radical (unpaired) electrons. The van der Waals surface area contributed by atoms with Crippen LogP contribution in [0.1, 0.15) is 13.0 Å². The number of carbonyl (C=O) groups is 1. The molecule has 2 rings (SSSR count). The molecule has 0 spiro atoms.